The Morgan fingerprint density at radius 2 is 1.69 bits per heavy atom. The van der Waals surface area contributed by atoms with Crippen LogP contribution in [-0.4, -0.2) is 35.5 Å². The number of piperidine rings is 1. The number of carbonyl (C=O) groups is 2. The van der Waals surface area contributed by atoms with Gasteiger partial charge in [0.2, 0.25) is 0 Å². The standard InChI is InChI=1S/C23H24N2O3S/c1-16-8-7-9-17(2)25(16)22(26)15-28-23(27)19-11-4-6-13-21(19)29-20-12-5-3-10-18(20)14-24/h3-6,10-13,16-17H,7-9,15H2,1-2H3. The fourth-order valence-electron chi connectivity index (χ4n) is 3.68. The number of carbonyl (C=O) groups excluding carboxylic acids is 2. The zero-order valence-electron chi connectivity index (χ0n) is 16.6. The van der Waals surface area contributed by atoms with Crippen LogP contribution in [0.1, 0.15) is 49.0 Å². The molecule has 0 radical (unpaired) electrons. The van der Waals surface area contributed by atoms with Crippen molar-refractivity contribution in [1.82, 2.24) is 4.90 Å². The maximum Gasteiger partial charge on any atom is 0.339 e. The summed E-state index contributed by atoms with van der Waals surface area (Å²) < 4.78 is 5.37. The zero-order valence-corrected chi connectivity index (χ0v) is 17.4. The minimum atomic E-state index is -0.534. The molecule has 2 unspecified atom stereocenters. The van der Waals surface area contributed by atoms with Crippen LogP contribution in [0.3, 0.4) is 0 Å². The third-order valence-corrected chi connectivity index (χ3v) is 6.29. The van der Waals surface area contributed by atoms with Crippen LogP contribution in [-0.2, 0) is 9.53 Å². The smallest absolute Gasteiger partial charge is 0.339 e. The molecule has 1 fully saturated rings. The molecule has 1 aliphatic rings. The highest BCUT2D eigenvalue weighted by atomic mass is 32.2. The summed E-state index contributed by atoms with van der Waals surface area (Å²) in [5, 5.41) is 9.29. The lowest BCUT2D eigenvalue weighted by molar-refractivity contribution is -0.140. The summed E-state index contributed by atoms with van der Waals surface area (Å²) in [6.45, 7) is 3.81. The molecule has 0 aromatic heterocycles. The van der Waals surface area contributed by atoms with Crippen molar-refractivity contribution in [2.45, 2.75) is 55.0 Å². The molecule has 3 rings (SSSR count). The summed E-state index contributed by atoms with van der Waals surface area (Å²) in [5.74, 6) is -0.689. The number of benzene rings is 2. The highest BCUT2D eigenvalue weighted by Crippen LogP contribution is 2.33. The monoisotopic (exact) mass is 408 g/mol. The first-order valence-corrected chi connectivity index (χ1v) is 10.6. The van der Waals surface area contributed by atoms with E-state index in [4.69, 9.17) is 4.74 Å². The topological polar surface area (TPSA) is 70.4 Å². The van der Waals surface area contributed by atoms with Crippen molar-refractivity contribution in [3.63, 3.8) is 0 Å². The Morgan fingerprint density at radius 3 is 2.38 bits per heavy atom. The summed E-state index contributed by atoms with van der Waals surface area (Å²) in [5.41, 5.74) is 0.932. The van der Waals surface area contributed by atoms with Gasteiger partial charge < -0.3 is 9.64 Å². The van der Waals surface area contributed by atoms with E-state index in [1.807, 2.05) is 43.0 Å². The highest BCUT2D eigenvalue weighted by molar-refractivity contribution is 7.99. The van der Waals surface area contributed by atoms with E-state index in [-0.39, 0.29) is 24.6 Å². The average molecular weight is 409 g/mol. The minimum Gasteiger partial charge on any atom is -0.452 e. The number of nitriles is 1. The molecule has 1 heterocycles. The predicted octanol–water partition coefficient (Wildman–Crippen LogP) is 4.66. The van der Waals surface area contributed by atoms with Gasteiger partial charge in [0.1, 0.15) is 6.07 Å². The van der Waals surface area contributed by atoms with Gasteiger partial charge in [-0.2, -0.15) is 5.26 Å². The summed E-state index contributed by atoms with van der Waals surface area (Å²) in [7, 11) is 0. The van der Waals surface area contributed by atoms with Gasteiger partial charge in [0.05, 0.1) is 11.1 Å². The average Bonchev–Trinajstić information content (AvgIpc) is 2.72. The van der Waals surface area contributed by atoms with Crippen molar-refractivity contribution in [1.29, 1.82) is 5.26 Å². The van der Waals surface area contributed by atoms with Crippen molar-refractivity contribution in [3.8, 4) is 6.07 Å². The summed E-state index contributed by atoms with van der Waals surface area (Å²) in [6.07, 6.45) is 3.06. The Morgan fingerprint density at radius 1 is 1.07 bits per heavy atom. The second kappa shape index (κ2) is 9.62. The molecule has 0 N–H and O–H groups in total. The molecule has 2 aromatic rings. The van der Waals surface area contributed by atoms with E-state index in [2.05, 4.69) is 6.07 Å². The van der Waals surface area contributed by atoms with E-state index in [1.54, 1.807) is 24.3 Å². The fraction of sp³-hybridized carbons (Fsp3) is 0.348. The first-order chi connectivity index (χ1) is 14.0. The maximum atomic E-state index is 12.7. The highest BCUT2D eigenvalue weighted by Gasteiger charge is 2.29. The Balaban J connectivity index is 1.70. The first kappa shape index (κ1) is 20.9. The number of rotatable bonds is 5. The third kappa shape index (κ3) is 4.99. The number of ether oxygens (including phenoxy) is 1. The summed E-state index contributed by atoms with van der Waals surface area (Å²) in [6, 6.07) is 16.8. The van der Waals surface area contributed by atoms with E-state index in [1.165, 1.54) is 11.8 Å². The predicted molar refractivity (Wildman–Crippen MR) is 112 cm³/mol. The lowest BCUT2D eigenvalue weighted by Gasteiger charge is -2.38. The molecule has 1 amide bonds. The van der Waals surface area contributed by atoms with Gasteiger partial charge in [-0.15, -0.1) is 0 Å². The number of likely N-dealkylation sites (tertiary alicyclic amines) is 1. The molecule has 6 heteroatoms. The van der Waals surface area contributed by atoms with Gasteiger partial charge in [-0.25, -0.2) is 4.79 Å². The van der Waals surface area contributed by atoms with E-state index in [0.29, 0.717) is 16.0 Å². The van der Waals surface area contributed by atoms with Crippen LogP contribution in [0, 0.1) is 11.3 Å². The van der Waals surface area contributed by atoms with Gasteiger partial charge in [0, 0.05) is 21.9 Å². The minimum absolute atomic E-state index is 0.155. The lowest BCUT2D eigenvalue weighted by Crippen LogP contribution is -2.49. The number of amides is 1. The molecule has 1 saturated heterocycles. The number of hydrogen-bond donors (Lipinski definition) is 0. The van der Waals surface area contributed by atoms with Crippen LogP contribution >= 0.6 is 11.8 Å². The van der Waals surface area contributed by atoms with Crippen LogP contribution in [0.2, 0.25) is 0 Å². The molecule has 0 aliphatic carbocycles. The summed E-state index contributed by atoms with van der Waals surface area (Å²) >= 11 is 1.34. The van der Waals surface area contributed by atoms with Crippen molar-refractivity contribution in [2.75, 3.05) is 6.61 Å². The molecule has 2 atom stereocenters. The van der Waals surface area contributed by atoms with Gasteiger partial charge in [-0.3, -0.25) is 4.79 Å². The Kier molecular flexibility index (Phi) is 6.95. The first-order valence-electron chi connectivity index (χ1n) is 9.75. The number of hydrogen-bond acceptors (Lipinski definition) is 5. The quantitative estimate of drug-likeness (QED) is 0.673. The van der Waals surface area contributed by atoms with Gasteiger partial charge in [0.25, 0.3) is 5.91 Å². The molecule has 0 bridgehead atoms. The Hall–Kier alpha value is -2.78. The maximum absolute atomic E-state index is 12.7. The van der Waals surface area contributed by atoms with Crippen LogP contribution in [0.4, 0.5) is 0 Å². The normalized spacial score (nSPS) is 18.7. The van der Waals surface area contributed by atoms with Crippen LogP contribution < -0.4 is 0 Å². The molecule has 29 heavy (non-hydrogen) atoms. The van der Waals surface area contributed by atoms with Gasteiger partial charge in [-0.1, -0.05) is 36.0 Å². The number of nitrogens with zero attached hydrogens (tertiary/aromatic N) is 2. The van der Waals surface area contributed by atoms with E-state index in [9.17, 15) is 14.9 Å². The Labute approximate surface area is 175 Å². The van der Waals surface area contributed by atoms with Crippen molar-refractivity contribution in [3.05, 3.63) is 59.7 Å². The van der Waals surface area contributed by atoms with E-state index in [0.717, 1.165) is 24.2 Å². The SMILES string of the molecule is CC1CCCC(C)N1C(=O)COC(=O)c1ccccc1Sc1ccccc1C#N. The molecule has 5 nitrogen and oxygen atoms in total. The zero-order chi connectivity index (χ0) is 20.8. The fourth-order valence-corrected chi connectivity index (χ4v) is 4.70. The molecule has 1 aliphatic heterocycles. The van der Waals surface area contributed by atoms with Crippen LogP contribution in [0.15, 0.2) is 58.3 Å². The molecule has 2 aromatic carbocycles. The second-order valence-corrected chi connectivity index (χ2v) is 8.30. The third-order valence-electron chi connectivity index (χ3n) is 5.14. The van der Waals surface area contributed by atoms with Crippen molar-refractivity contribution >= 4 is 23.6 Å². The molecule has 0 spiro atoms. The van der Waals surface area contributed by atoms with E-state index >= 15 is 0 Å². The molecular formula is C23H24N2O3S. The largest absolute Gasteiger partial charge is 0.452 e. The number of esters is 1. The molecular weight excluding hydrogens is 384 g/mol. The molecule has 0 saturated carbocycles. The summed E-state index contributed by atoms with van der Waals surface area (Å²) in [4.78, 5) is 28.6. The van der Waals surface area contributed by atoms with E-state index < -0.39 is 5.97 Å². The lowest BCUT2D eigenvalue weighted by atomic mass is 9.97. The van der Waals surface area contributed by atoms with Crippen molar-refractivity contribution < 1.29 is 14.3 Å². The van der Waals surface area contributed by atoms with Crippen LogP contribution in [0.5, 0.6) is 0 Å². The van der Waals surface area contributed by atoms with Gasteiger partial charge in [-0.05, 0) is 57.4 Å². The molecule has 150 valence electrons. The van der Waals surface area contributed by atoms with Crippen molar-refractivity contribution in [2.24, 2.45) is 0 Å². The van der Waals surface area contributed by atoms with Crippen LogP contribution in [0.25, 0.3) is 0 Å². The second-order valence-electron chi connectivity index (χ2n) is 7.21. The van der Waals surface area contributed by atoms with Gasteiger partial charge >= 0.3 is 5.97 Å². The Bertz CT molecular complexity index is 928. The van der Waals surface area contributed by atoms with Gasteiger partial charge in [0.15, 0.2) is 6.61 Å².